The maximum absolute atomic E-state index is 5.73. The first-order valence-corrected chi connectivity index (χ1v) is 6.80. The molecule has 1 aliphatic rings. The Morgan fingerprint density at radius 2 is 2.05 bits per heavy atom. The van der Waals surface area contributed by atoms with Gasteiger partial charge in [-0.3, -0.25) is 0 Å². The summed E-state index contributed by atoms with van der Waals surface area (Å²) >= 11 is 0. The van der Waals surface area contributed by atoms with Crippen LogP contribution in [0.1, 0.15) is 24.8 Å². The fourth-order valence-electron chi connectivity index (χ4n) is 2.33. The molecule has 0 aliphatic carbocycles. The van der Waals surface area contributed by atoms with Gasteiger partial charge in [0.1, 0.15) is 5.75 Å². The van der Waals surface area contributed by atoms with Gasteiger partial charge in [-0.15, -0.1) is 12.4 Å². The number of rotatable bonds is 6. The van der Waals surface area contributed by atoms with Crippen LogP contribution in [0.4, 0.5) is 0 Å². The Hall–Kier alpha value is -0.770. The van der Waals surface area contributed by atoms with Crippen LogP contribution in [0.15, 0.2) is 24.3 Å². The molecule has 108 valence electrons. The molecule has 0 amide bonds. The van der Waals surface area contributed by atoms with Crippen molar-refractivity contribution < 1.29 is 9.47 Å². The van der Waals surface area contributed by atoms with Gasteiger partial charge in [0.05, 0.1) is 13.7 Å². The van der Waals surface area contributed by atoms with E-state index in [-0.39, 0.29) is 12.4 Å². The normalized spacial score (nSPS) is 18.7. The summed E-state index contributed by atoms with van der Waals surface area (Å²) in [5.41, 5.74) is 1.21. The molecule has 0 radical (unpaired) electrons. The average Bonchev–Trinajstić information content (AvgIpc) is 2.45. The van der Waals surface area contributed by atoms with Crippen LogP contribution in [0.5, 0.6) is 5.75 Å². The van der Waals surface area contributed by atoms with Crippen molar-refractivity contribution in [2.24, 2.45) is 5.92 Å². The maximum atomic E-state index is 5.73. The second-order valence-electron chi connectivity index (χ2n) is 4.90. The lowest BCUT2D eigenvalue weighted by Crippen LogP contribution is -2.30. The smallest absolute Gasteiger partial charge is 0.118 e. The van der Waals surface area contributed by atoms with Crippen LogP contribution in [-0.2, 0) is 11.3 Å². The summed E-state index contributed by atoms with van der Waals surface area (Å²) in [5, 5.41) is 3.44. The van der Waals surface area contributed by atoms with Gasteiger partial charge in [0, 0.05) is 6.61 Å². The number of hydrogen-bond donors (Lipinski definition) is 1. The third-order valence-corrected chi connectivity index (χ3v) is 3.50. The van der Waals surface area contributed by atoms with Crippen LogP contribution in [-0.4, -0.2) is 26.8 Å². The topological polar surface area (TPSA) is 30.5 Å². The number of benzene rings is 1. The van der Waals surface area contributed by atoms with Gasteiger partial charge >= 0.3 is 0 Å². The van der Waals surface area contributed by atoms with Gasteiger partial charge in [-0.1, -0.05) is 12.1 Å². The molecule has 0 aromatic heterocycles. The molecule has 1 unspecified atom stereocenters. The minimum atomic E-state index is 0. The highest BCUT2D eigenvalue weighted by Crippen LogP contribution is 2.15. The third kappa shape index (κ3) is 5.81. The van der Waals surface area contributed by atoms with Crippen molar-refractivity contribution in [2.45, 2.75) is 25.9 Å². The molecule has 3 nitrogen and oxygen atoms in total. The van der Waals surface area contributed by atoms with E-state index >= 15 is 0 Å². The van der Waals surface area contributed by atoms with Crippen molar-refractivity contribution >= 4 is 12.4 Å². The van der Waals surface area contributed by atoms with Crippen molar-refractivity contribution in [3.8, 4) is 5.75 Å². The van der Waals surface area contributed by atoms with Gasteiger partial charge in [-0.25, -0.2) is 0 Å². The molecule has 1 aromatic rings. The van der Waals surface area contributed by atoms with Gasteiger partial charge in [0.15, 0.2) is 0 Å². The Kier molecular flexibility index (Phi) is 7.87. The Bertz CT molecular complexity index is 337. The summed E-state index contributed by atoms with van der Waals surface area (Å²) in [6.07, 6.45) is 3.82. The van der Waals surface area contributed by atoms with E-state index in [2.05, 4.69) is 17.4 Å². The molecule has 0 spiro atoms. The Morgan fingerprint density at radius 3 is 2.68 bits per heavy atom. The summed E-state index contributed by atoms with van der Waals surface area (Å²) < 4.78 is 10.9. The molecule has 0 bridgehead atoms. The van der Waals surface area contributed by atoms with Crippen LogP contribution in [0.3, 0.4) is 0 Å². The van der Waals surface area contributed by atoms with Gasteiger partial charge in [0.25, 0.3) is 0 Å². The molecule has 1 aliphatic heterocycles. The Morgan fingerprint density at radius 1 is 1.26 bits per heavy atom. The molecule has 1 heterocycles. The summed E-state index contributed by atoms with van der Waals surface area (Å²) in [4.78, 5) is 0. The SMILES string of the molecule is COc1ccc(COCCC2CCCNC2)cc1.Cl. The second kappa shape index (κ2) is 9.18. The largest absolute Gasteiger partial charge is 0.497 e. The minimum absolute atomic E-state index is 0. The van der Waals surface area contributed by atoms with Gasteiger partial charge in [-0.2, -0.15) is 0 Å². The number of methoxy groups -OCH3 is 1. The Balaban J connectivity index is 0.00000180. The van der Waals surface area contributed by atoms with E-state index in [1.165, 1.54) is 31.4 Å². The number of nitrogens with one attached hydrogen (secondary N) is 1. The lowest BCUT2D eigenvalue weighted by molar-refractivity contribution is 0.103. The maximum Gasteiger partial charge on any atom is 0.118 e. The zero-order valence-electron chi connectivity index (χ0n) is 11.6. The number of ether oxygens (including phenoxy) is 2. The predicted molar refractivity (Wildman–Crippen MR) is 80.1 cm³/mol. The summed E-state index contributed by atoms with van der Waals surface area (Å²) in [6, 6.07) is 8.06. The summed E-state index contributed by atoms with van der Waals surface area (Å²) in [7, 11) is 1.68. The van der Waals surface area contributed by atoms with Crippen molar-refractivity contribution in [1.29, 1.82) is 0 Å². The highest BCUT2D eigenvalue weighted by atomic mass is 35.5. The van der Waals surface area contributed by atoms with E-state index in [0.29, 0.717) is 6.61 Å². The second-order valence-corrected chi connectivity index (χ2v) is 4.90. The van der Waals surface area contributed by atoms with E-state index in [4.69, 9.17) is 9.47 Å². The highest BCUT2D eigenvalue weighted by molar-refractivity contribution is 5.85. The van der Waals surface area contributed by atoms with Crippen LogP contribution in [0.25, 0.3) is 0 Å². The Labute approximate surface area is 122 Å². The van der Waals surface area contributed by atoms with Crippen LogP contribution in [0.2, 0.25) is 0 Å². The van der Waals surface area contributed by atoms with E-state index in [1.54, 1.807) is 7.11 Å². The van der Waals surface area contributed by atoms with E-state index in [0.717, 1.165) is 24.8 Å². The molecule has 1 fully saturated rings. The monoisotopic (exact) mass is 285 g/mol. The van der Waals surface area contributed by atoms with E-state index in [9.17, 15) is 0 Å². The summed E-state index contributed by atoms with van der Waals surface area (Å²) in [5.74, 6) is 1.70. The fourth-order valence-corrected chi connectivity index (χ4v) is 2.33. The van der Waals surface area contributed by atoms with Gasteiger partial charge in [0.2, 0.25) is 0 Å². The molecule has 1 atom stereocenters. The van der Waals surface area contributed by atoms with E-state index in [1.807, 2.05) is 12.1 Å². The zero-order valence-corrected chi connectivity index (χ0v) is 12.4. The highest BCUT2D eigenvalue weighted by Gasteiger charge is 2.12. The fraction of sp³-hybridized carbons (Fsp3) is 0.600. The molecule has 1 saturated heterocycles. The lowest BCUT2D eigenvalue weighted by atomic mass is 9.97. The quantitative estimate of drug-likeness (QED) is 0.815. The summed E-state index contributed by atoms with van der Waals surface area (Å²) in [6.45, 7) is 3.90. The first-order chi connectivity index (χ1) is 8.88. The molecule has 1 N–H and O–H groups in total. The average molecular weight is 286 g/mol. The van der Waals surface area contributed by atoms with Crippen LogP contribution >= 0.6 is 12.4 Å². The molecule has 1 aromatic carbocycles. The van der Waals surface area contributed by atoms with Crippen molar-refractivity contribution in [2.75, 3.05) is 26.8 Å². The molecular weight excluding hydrogens is 262 g/mol. The molecule has 0 saturated carbocycles. The van der Waals surface area contributed by atoms with Gasteiger partial charge in [-0.05, 0) is 56.0 Å². The number of halogens is 1. The zero-order chi connectivity index (χ0) is 12.6. The molecule has 19 heavy (non-hydrogen) atoms. The van der Waals surface area contributed by atoms with Crippen molar-refractivity contribution in [3.05, 3.63) is 29.8 Å². The first-order valence-electron chi connectivity index (χ1n) is 6.80. The van der Waals surface area contributed by atoms with Crippen molar-refractivity contribution in [3.63, 3.8) is 0 Å². The third-order valence-electron chi connectivity index (χ3n) is 3.50. The predicted octanol–water partition coefficient (Wildman–Crippen LogP) is 3.02. The number of piperidine rings is 1. The molecule has 2 rings (SSSR count). The standard InChI is InChI=1S/C15H23NO2.ClH/c1-17-15-6-4-14(5-7-15)12-18-10-8-13-3-2-9-16-11-13;/h4-7,13,16H,2-3,8-12H2,1H3;1H. The molecule has 4 heteroatoms. The van der Waals surface area contributed by atoms with Crippen LogP contribution in [0, 0.1) is 5.92 Å². The first kappa shape index (κ1) is 16.3. The molecular formula is C15H24ClNO2. The van der Waals surface area contributed by atoms with Crippen molar-refractivity contribution in [1.82, 2.24) is 5.32 Å². The van der Waals surface area contributed by atoms with Gasteiger partial charge < -0.3 is 14.8 Å². The number of hydrogen-bond acceptors (Lipinski definition) is 3. The minimum Gasteiger partial charge on any atom is -0.497 e. The van der Waals surface area contributed by atoms with E-state index < -0.39 is 0 Å². The lowest BCUT2D eigenvalue weighted by Gasteiger charge is -2.22. The van der Waals surface area contributed by atoms with Crippen LogP contribution < -0.4 is 10.1 Å².